The molecular formula is C16H22N4O2. The number of nitrogen functional groups attached to an aromatic ring is 1. The average Bonchev–Trinajstić information content (AvgIpc) is 3.04. The van der Waals surface area contributed by atoms with Crippen LogP contribution in [0.5, 0.6) is 0 Å². The van der Waals surface area contributed by atoms with Crippen LogP contribution >= 0.6 is 0 Å². The highest BCUT2D eigenvalue weighted by Gasteiger charge is 2.37. The van der Waals surface area contributed by atoms with E-state index in [0.29, 0.717) is 17.9 Å². The molecule has 2 fully saturated rings. The lowest BCUT2D eigenvalue weighted by molar-refractivity contribution is -0.136. The van der Waals surface area contributed by atoms with Crippen molar-refractivity contribution in [1.82, 2.24) is 14.8 Å². The van der Waals surface area contributed by atoms with Gasteiger partial charge < -0.3 is 15.5 Å². The van der Waals surface area contributed by atoms with Crippen molar-refractivity contribution in [3.8, 4) is 0 Å². The summed E-state index contributed by atoms with van der Waals surface area (Å²) >= 11 is 0. The number of hydrogen-bond acceptors (Lipinski definition) is 4. The molecule has 1 atom stereocenters. The Balaban J connectivity index is 1.73. The van der Waals surface area contributed by atoms with Gasteiger partial charge in [-0.15, -0.1) is 0 Å². The maximum atomic E-state index is 12.7. The quantitative estimate of drug-likeness (QED) is 0.892. The van der Waals surface area contributed by atoms with E-state index >= 15 is 0 Å². The molecule has 2 N–H and O–H groups in total. The predicted molar refractivity (Wildman–Crippen MR) is 83.1 cm³/mol. The maximum Gasteiger partial charge on any atom is 0.273 e. The Morgan fingerprint density at radius 1 is 1.09 bits per heavy atom. The summed E-state index contributed by atoms with van der Waals surface area (Å²) in [5, 5.41) is 0. The molecule has 0 bridgehead atoms. The number of aromatic nitrogens is 1. The van der Waals surface area contributed by atoms with Crippen molar-refractivity contribution < 1.29 is 9.59 Å². The summed E-state index contributed by atoms with van der Waals surface area (Å²) < 4.78 is 0. The van der Waals surface area contributed by atoms with Crippen LogP contribution in [0.3, 0.4) is 0 Å². The van der Waals surface area contributed by atoms with Crippen LogP contribution in [0.25, 0.3) is 0 Å². The smallest absolute Gasteiger partial charge is 0.273 e. The summed E-state index contributed by atoms with van der Waals surface area (Å²) in [6.45, 7) is 2.25. The summed E-state index contributed by atoms with van der Waals surface area (Å²) in [6, 6.07) is 2.96. The molecule has 3 rings (SSSR count). The number of anilines is 1. The van der Waals surface area contributed by atoms with Crippen LogP contribution in [0.4, 0.5) is 5.69 Å². The van der Waals surface area contributed by atoms with Gasteiger partial charge in [-0.05, 0) is 44.2 Å². The SMILES string of the molecule is Nc1ccc(C(=O)N2CCC[C@@H]2C(=O)N2CCCCC2)nc1. The third kappa shape index (κ3) is 2.91. The van der Waals surface area contributed by atoms with Gasteiger partial charge in [0.2, 0.25) is 5.91 Å². The van der Waals surface area contributed by atoms with Crippen LogP contribution in [0, 0.1) is 0 Å². The molecule has 0 aromatic carbocycles. The van der Waals surface area contributed by atoms with Gasteiger partial charge in [-0.25, -0.2) is 4.98 Å². The van der Waals surface area contributed by atoms with E-state index in [4.69, 9.17) is 5.73 Å². The highest BCUT2D eigenvalue weighted by atomic mass is 16.2. The minimum absolute atomic E-state index is 0.0981. The highest BCUT2D eigenvalue weighted by Crippen LogP contribution is 2.23. The first kappa shape index (κ1) is 14.8. The molecule has 0 radical (unpaired) electrons. The second-order valence-corrected chi connectivity index (χ2v) is 6.02. The van der Waals surface area contributed by atoms with E-state index in [1.54, 1.807) is 17.0 Å². The van der Waals surface area contributed by atoms with Crippen molar-refractivity contribution >= 4 is 17.5 Å². The number of rotatable bonds is 2. The molecule has 0 unspecified atom stereocenters. The molecule has 6 nitrogen and oxygen atoms in total. The molecule has 0 saturated carbocycles. The molecular weight excluding hydrogens is 280 g/mol. The Labute approximate surface area is 130 Å². The fraction of sp³-hybridized carbons (Fsp3) is 0.562. The molecule has 0 aliphatic carbocycles. The van der Waals surface area contributed by atoms with E-state index in [-0.39, 0.29) is 17.9 Å². The largest absolute Gasteiger partial charge is 0.397 e. The first-order chi connectivity index (χ1) is 10.7. The minimum Gasteiger partial charge on any atom is -0.397 e. The summed E-state index contributed by atoms with van der Waals surface area (Å²) in [5.74, 6) is -0.0751. The fourth-order valence-electron chi connectivity index (χ4n) is 3.27. The monoisotopic (exact) mass is 302 g/mol. The molecule has 2 aliphatic rings. The molecule has 0 spiro atoms. The molecule has 1 aromatic heterocycles. The van der Waals surface area contributed by atoms with Crippen LogP contribution < -0.4 is 5.73 Å². The molecule has 118 valence electrons. The van der Waals surface area contributed by atoms with E-state index < -0.39 is 0 Å². The number of pyridine rings is 1. The second kappa shape index (κ2) is 6.34. The van der Waals surface area contributed by atoms with E-state index in [0.717, 1.165) is 38.8 Å². The van der Waals surface area contributed by atoms with Gasteiger partial charge in [0.15, 0.2) is 0 Å². The summed E-state index contributed by atoms with van der Waals surface area (Å²) in [7, 11) is 0. The van der Waals surface area contributed by atoms with Crippen molar-refractivity contribution in [3.05, 3.63) is 24.0 Å². The van der Waals surface area contributed by atoms with Crippen LogP contribution in [0.1, 0.15) is 42.6 Å². The number of amides is 2. The number of carbonyl (C=O) groups is 2. The van der Waals surface area contributed by atoms with Gasteiger partial charge >= 0.3 is 0 Å². The first-order valence-electron chi connectivity index (χ1n) is 7.98. The lowest BCUT2D eigenvalue weighted by atomic mass is 10.1. The summed E-state index contributed by atoms with van der Waals surface area (Å²) in [5.41, 5.74) is 6.49. The molecule has 22 heavy (non-hydrogen) atoms. The number of nitrogens with zero attached hydrogens (tertiary/aromatic N) is 3. The number of carbonyl (C=O) groups excluding carboxylic acids is 2. The normalized spacial score (nSPS) is 21.9. The van der Waals surface area contributed by atoms with Crippen molar-refractivity contribution in [3.63, 3.8) is 0 Å². The Morgan fingerprint density at radius 2 is 1.86 bits per heavy atom. The second-order valence-electron chi connectivity index (χ2n) is 6.02. The molecule has 1 aromatic rings. The minimum atomic E-state index is -0.329. The van der Waals surface area contributed by atoms with E-state index in [2.05, 4.69) is 4.98 Å². The lowest BCUT2D eigenvalue weighted by Crippen LogP contribution is -2.49. The van der Waals surface area contributed by atoms with Crippen molar-refractivity contribution in [2.75, 3.05) is 25.4 Å². The lowest BCUT2D eigenvalue weighted by Gasteiger charge is -2.32. The van der Waals surface area contributed by atoms with E-state index in [9.17, 15) is 9.59 Å². The maximum absolute atomic E-state index is 12.7. The first-order valence-corrected chi connectivity index (χ1v) is 7.98. The van der Waals surface area contributed by atoms with Crippen molar-refractivity contribution in [2.45, 2.75) is 38.1 Å². The zero-order chi connectivity index (χ0) is 15.5. The summed E-state index contributed by atoms with van der Waals surface area (Å²) in [6.07, 6.45) is 6.40. The standard InChI is InChI=1S/C16H22N4O2/c17-12-6-7-13(18-11-12)15(21)20-10-4-5-14(20)16(22)19-8-2-1-3-9-19/h6-7,11,14H,1-5,8-10,17H2/t14-/m1/s1. The van der Waals surface area contributed by atoms with Crippen LogP contribution in [0.15, 0.2) is 18.3 Å². The Hall–Kier alpha value is -2.11. The van der Waals surface area contributed by atoms with E-state index in [1.165, 1.54) is 12.6 Å². The average molecular weight is 302 g/mol. The Morgan fingerprint density at radius 3 is 2.55 bits per heavy atom. The molecule has 2 amide bonds. The topological polar surface area (TPSA) is 79.5 Å². The van der Waals surface area contributed by atoms with Crippen LogP contribution in [-0.4, -0.2) is 52.3 Å². The zero-order valence-corrected chi connectivity index (χ0v) is 12.7. The van der Waals surface area contributed by atoms with Gasteiger partial charge in [-0.3, -0.25) is 9.59 Å². The Bertz CT molecular complexity index is 552. The van der Waals surface area contributed by atoms with Gasteiger partial charge in [0.05, 0.1) is 11.9 Å². The summed E-state index contributed by atoms with van der Waals surface area (Å²) in [4.78, 5) is 33.0. The fourth-order valence-corrected chi connectivity index (χ4v) is 3.27. The van der Waals surface area contributed by atoms with Crippen molar-refractivity contribution in [1.29, 1.82) is 0 Å². The van der Waals surface area contributed by atoms with Gasteiger partial charge in [0.25, 0.3) is 5.91 Å². The van der Waals surface area contributed by atoms with Crippen molar-refractivity contribution in [2.24, 2.45) is 0 Å². The molecule has 6 heteroatoms. The Kier molecular flexibility index (Phi) is 4.27. The van der Waals surface area contributed by atoms with Gasteiger partial charge in [-0.2, -0.15) is 0 Å². The molecule has 2 saturated heterocycles. The number of likely N-dealkylation sites (tertiary alicyclic amines) is 2. The third-order valence-electron chi connectivity index (χ3n) is 4.47. The van der Waals surface area contributed by atoms with Crippen LogP contribution in [0.2, 0.25) is 0 Å². The van der Waals surface area contributed by atoms with Crippen LogP contribution in [-0.2, 0) is 4.79 Å². The molecule has 3 heterocycles. The number of nitrogens with two attached hydrogens (primary N) is 1. The van der Waals surface area contributed by atoms with E-state index in [1.807, 2.05) is 4.90 Å². The zero-order valence-electron chi connectivity index (χ0n) is 12.7. The number of hydrogen-bond donors (Lipinski definition) is 1. The highest BCUT2D eigenvalue weighted by molar-refractivity contribution is 5.96. The van der Waals surface area contributed by atoms with Gasteiger partial charge in [0.1, 0.15) is 11.7 Å². The van der Waals surface area contributed by atoms with Gasteiger partial charge in [-0.1, -0.05) is 0 Å². The third-order valence-corrected chi connectivity index (χ3v) is 4.47. The molecule has 2 aliphatic heterocycles. The number of piperidine rings is 1. The van der Waals surface area contributed by atoms with Gasteiger partial charge in [0, 0.05) is 19.6 Å². The predicted octanol–water partition coefficient (Wildman–Crippen LogP) is 1.28.